The van der Waals surface area contributed by atoms with Crippen LogP contribution < -0.4 is 4.74 Å². The second-order valence-corrected chi connectivity index (χ2v) is 4.98. The quantitative estimate of drug-likeness (QED) is 0.718. The molecule has 2 heterocycles. The zero-order valence-corrected chi connectivity index (χ0v) is 10.3. The Kier molecular flexibility index (Phi) is 2.48. The Morgan fingerprint density at radius 1 is 1.29 bits per heavy atom. The number of ether oxygens (including phenoxy) is 1. The van der Waals surface area contributed by atoms with Crippen molar-refractivity contribution in [3.63, 3.8) is 0 Å². The van der Waals surface area contributed by atoms with Crippen molar-refractivity contribution in [2.75, 3.05) is 6.61 Å². The van der Waals surface area contributed by atoms with Gasteiger partial charge in [0.25, 0.3) is 0 Å². The van der Waals surface area contributed by atoms with Gasteiger partial charge < -0.3 is 4.74 Å². The van der Waals surface area contributed by atoms with Gasteiger partial charge in [-0.1, -0.05) is 0 Å². The van der Waals surface area contributed by atoms with Crippen molar-refractivity contribution < 1.29 is 9.53 Å². The summed E-state index contributed by atoms with van der Waals surface area (Å²) >= 11 is 1.70. The Morgan fingerprint density at radius 3 is 3.00 bits per heavy atom. The summed E-state index contributed by atoms with van der Waals surface area (Å²) in [6.45, 7) is 2.64. The average molecular weight is 244 g/mol. The van der Waals surface area contributed by atoms with Gasteiger partial charge in [0.05, 0.1) is 6.61 Å². The van der Waals surface area contributed by atoms with E-state index in [1.165, 1.54) is 11.1 Å². The molecule has 1 aliphatic heterocycles. The summed E-state index contributed by atoms with van der Waals surface area (Å²) in [5.74, 6) is 0.894. The van der Waals surface area contributed by atoms with Gasteiger partial charge in [0.1, 0.15) is 12.0 Å². The van der Waals surface area contributed by atoms with E-state index in [1.54, 1.807) is 11.3 Å². The van der Waals surface area contributed by atoms with Crippen LogP contribution in [0, 0.1) is 6.92 Å². The van der Waals surface area contributed by atoms with Gasteiger partial charge in [0, 0.05) is 17.5 Å². The number of aryl methyl sites for hydroxylation is 1. The molecular formula is C14H12O2S. The molecule has 3 rings (SSSR count). The smallest absolute Gasteiger partial charge is 0.150 e. The molecule has 1 aliphatic rings. The standard InChI is InChI=1S/C14H12O2S/c1-9-4-14-12(5-11(9)6-15)13-8-17-7-10(13)2-3-16-14/h4-8H,2-3H2,1H3. The highest BCUT2D eigenvalue weighted by atomic mass is 32.1. The molecule has 1 aromatic carbocycles. The Hall–Kier alpha value is -1.61. The molecule has 0 saturated heterocycles. The highest BCUT2D eigenvalue weighted by molar-refractivity contribution is 7.08. The van der Waals surface area contributed by atoms with Crippen molar-refractivity contribution in [2.45, 2.75) is 13.3 Å². The van der Waals surface area contributed by atoms with Crippen LogP contribution in [-0.2, 0) is 6.42 Å². The fraction of sp³-hybridized carbons (Fsp3) is 0.214. The molecule has 0 spiro atoms. The van der Waals surface area contributed by atoms with Crippen LogP contribution in [0.15, 0.2) is 22.9 Å². The highest BCUT2D eigenvalue weighted by Crippen LogP contribution is 2.38. The van der Waals surface area contributed by atoms with Gasteiger partial charge in [-0.25, -0.2) is 0 Å². The SMILES string of the molecule is Cc1cc2c(cc1C=O)-c1cscc1CCO2. The first-order valence-corrected chi connectivity index (χ1v) is 6.52. The van der Waals surface area contributed by atoms with Crippen molar-refractivity contribution >= 4 is 17.6 Å². The van der Waals surface area contributed by atoms with Crippen molar-refractivity contribution in [2.24, 2.45) is 0 Å². The van der Waals surface area contributed by atoms with Gasteiger partial charge in [-0.05, 0) is 46.5 Å². The van der Waals surface area contributed by atoms with Crippen LogP contribution in [0.4, 0.5) is 0 Å². The van der Waals surface area contributed by atoms with Gasteiger partial charge >= 0.3 is 0 Å². The molecule has 2 nitrogen and oxygen atoms in total. The van der Waals surface area contributed by atoms with E-state index in [9.17, 15) is 4.79 Å². The molecule has 17 heavy (non-hydrogen) atoms. The summed E-state index contributed by atoms with van der Waals surface area (Å²) in [6, 6.07) is 3.90. The summed E-state index contributed by atoms with van der Waals surface area (Å²) in [7, 11) is 0. The molecule has 0 saturated carbocycles. The van der Waals surface area contributed by atoms with Crippen LogP contribution in [0.5, 0.6) is 5.75 Å². The molecule has 0 radical (unpaired) electrons. The summed E-state index contributed by atoms with van der Waals surface area (Å²) in [5, 5.41) is 4.29. The third-order valence-corrected chi connectivity index (χ3v) is 3.95. The van der Waals surface area contributed by atoms with E-state index in [4.69, 9.17) is 4.74 Å². The minimum Gasteiger partial charge on any atom is -0.493 e. The molecule has 0 atom stereocenters. The van der Waals surface area contributed by atoms with Gasteiger partial charge in [-0.2, -0.15) is 11.3 Å². The summed E-state index contributed by atoms with van der Waals surface area (Å²) < 4.78 is 5.76. The number of hydrogen-bond donors (Lipinski definition) is 0. The second kappa shape index (κ2) is 4.00. The van der Waals surface area contributed by atoms with Gasteiger partial charge in [0.2, 0.25) is 0 Å². The maximum atomic E-state index is 11.0. The van der Waals surface area contributed by atoms with Crippen LogP contribution >= 0.6 is 11.3 Å². The molecule has 3 heteroatoms. The lowest BCUT2D eigenvalue weighted by atomic mass is 9.98. The number of carbonyl (C=O) groups excluding carboxylic acids is 1. The Balaban J connectivity index is 2.27. The molecule has 86 valence electrons. The molecule has 2 aromatic rings. The van der Waals surface area contributed by atoms with Crippen LogP contribution in [0.3, 0.4) is 0 Å². The Morgan fingerprint density at radius 2 is 2.18 bits per heavy atom. The summed E-state index contributed by atoms with van der Waals surface area (Å²) in [6.07, 6.45) is 1.84. The Bertz CT molecular complexity index is 584. The van der Waals surface area contributed by atoms with Gasteiger partial charge in [-0.15, -0.1) is 0 Å². The van der Waals surface area contributed by atoms with E-state index < -0.39 is 0 Å². The van der Waals surface area contributed by atoms with Crippen LogP contribution in [0.1, 0.15) is 21.5 Å². The second-order valence-electron chi connectivity index (χ2n) is 4.23. The maximum Gasteiger partial charge on any atom is 0.150 e. The predicted molar refractivity (Wildman–Crippen MR) is 69.1 cm³/mol. The number of aldehydes is 1. The van der Waals surface area contributed by atoms with Crippen LogP contribution in [0.25, 0.3) is 11.1 Å². The lowest BCUT2D eigenvalue weighted by Crippen LogP contribution is -1.99. The van der Waals surface area contributed by atoms with E-state index in [0.717, 1.165) is 35.1 Å². The number of fused-ring (bicyclic) bond motifs is 3. The fourth-order valence-electron chi connectivity index (χ4n) is 2.18. The first kappa shape index (κ1) is 10.5. The number of rotatable bonds is 1. The van der Waals surface area contributed by atoms with E-state index in [1.807, 2.05) is 19.1 Å². The van der Waals surface area contributed by atoms with Crippen molar-refractivity contribution in [3.8, 4) is 16.9 Å². The zero-order chi connectivity index (χ0) is 11.8. The average Bonchev–Trinajstić information content (AvgIpc) is 2.72. The first-order chi connectivity index (χ1) is 8.29. The summed E-state index contributed by atoms with van der Waals surface area (Å²) in [4.78, 5) is 11.0. The molecule has 0 bridgehead atoms. The molecule has 1 aromatic heterocycles. The third kappa shape index (κ3) is 1.67. The lowest BCUT2D eigenvalue weighted by molar-refractivity contribution is 0.112. The monoisotopic (exact) mass is 244 g/mol. The molecule has 0 unspecified atom stereocenters. The van der Waals surface area contributed by atoms with Crippen LogP contribution in [0.2, 0.25) is 0 Å². The minimum atomic E-state index is 0.705. The van der Waals surface area contributed by atoms with Crippen molar-refractivity contribution in [1.82, 2.24) is 0 Å². The van der Waals surface area contributed by atoms with Gasteiger partial charge in [-0.3, -0.25) is 4.79 Å². The third-order valence-electron chi connectivity index (χ3n) is 3.16. The van der Waals surface area contributed by atoms with E-state index >= 15 is 0 Å². The van der Waals surface area contributed by atoms with Crippen LogP contribution in [-0.4, -0.2) is 12.9 Å². The largest absolute Gasteiger partial charge is 0.493 e. The molecule has 0 N–H and O–H groups in total. The normalized spacial score (nSPS) is 13.2. The molecule has 0 fully saturated rings. The summed E-state index contributed by atoms with van der Waals surface area (Å²) in [5.41, 5.74) is 5.29. The minimum absolute atomic E-state index is 0.705. The van der Waals surface area contributed by atoms with Gasteiger partial charge in [0.15, 0.2) is 0 Å². The van der Waals surface area contributed by atoms with E-state index in [0.29, 0.717) is 6.61 Å². The highest BCUT2D eigenvalue weighted by Gasteiger charge is 2.17. The zero-order valence-electron chi connectivity index (χ0n) is 9.53. The number of hydrogen-bond acceptors (Lipinski definition) is 3. The lowest BCUT2D eigenvalue weighted by Gasteiger charge is -2.10. The number of carbonyl (C=O) groups is 1. The molecular weight excluding hydrogens is 232 g/mol. The van der Waals surface area contributed by atoms with Crippen molar-refractivity contribution in [1.29, 1.82) is 0 Å². The Labute approximate surface area is 104 Å². The number of benzene rings is 1. The van der Waals surface area contributed by atoms with E-state index in [-0.39, 0.29) is 0 Å². The fourth-order valence-corrected chi connectivity index (χ4v) is 3.07. The molecule has 0 aliphatic carbocycles. The van der Waals surface area contributed by atoms with E-state index in [2.05, 4.69) is 10.8 Å². The predicted octanol–water partition coefficient (Wildman–Crippen LogP) is 3.47. The van der Waals surface area contributed by atoms with Crippen molar-refractivity contribution in [3.05, 3.63) is 39.6 Å². The first-order valence-electron chi connectivity index (χ1n) is 5.57. The number of thiophene rings is 1. The molecule has 0 amide bonds. The topological polar surface area (TPSA) is 26.3 Å². The maximum absolute atomic E-state index is 11.0.